The van der Waals surface area contributed by atoms with Gasteiger partial charge < -0.3 is 5.11 Å². The van der Waals surface area contributed by atoms with Gasteiger partial charge in [-0.25, -0.2) is 4.79 Å². The Bertz CT molecular complexity index is 473. The highest BCUT2D eigenvalue weighted by Gasteiger charge is 2.20. The third-order valence-electron chi connectivity index (χ3n) is 5.32. The van der Waals surface area contributed by atoms with Gasteiger partial charge in [0, 0.05) is 0 Å². The highest BCUT2D eigenvalue weighted by molar-refractivity contribution is 5.87. The monoisotopic (exact) mass is 346 g/mol. The van der Waals surface area contributed by atoms with Gasteiger partial charge in [0.05, 0.1) is 5.56 Å². The van der Waals surface area contributed by atoms with E-state index in [1.54, 1.807) is 12.1 Å². The van der Waals surface area contributed by atoms with E-state index in [-0.39, 0.29) is 5.41 Å². The molecule has 142 valence electrons. The molecule has 0 saturated carbocycles. The van der Waals surface area contributed by atoms with E-state index in [1.807, 2.05) is 12.1 Å². The van der Waals surface area contributed by atoms with Gasteiger partial charge in [0.25, 0.3) is 0 Å². The normalized spacial score (nSPS) is 11.6. The average Bonchev–Trinajstić information content (AvgIpc) is 2.59. The van der Waals surface area contributed by atoms with Gasteiger partial charge in [-0.2, -0.15) is 0 Å². The number of carboxylic acid groups (broad SMARTS) is 1. The Morgan fingerprint density at radius 2 is 1.24 bits per heavy atom. The zero-order chi connectivity index (χ0) is 18.5. The van der Waals surface area contributed by atoms with Crippen LogP contribution in [0.1, 0.15) is 114 Å². The topological polar surface area (TPSA) is 37.3 Å². The molecule has 0 aliphatic rings. The van der Waals surface area contributed by atoms with Crippen LogP contribution in [0.2, 0.25) is 0 Å². The van der Waals surface area contributed by atoms with Crippen molar-refractivity contribution >= 4 is 5.97 Å². The van der Waals surface area contributed by atoms with Crippen LogP contribution < -0.4 is 0 Å². The van der Waals surface area contributed by atoms with Crippen molar-refractivity contribution in [3.05, 3.63) is 35.4 Å². The lowest BCUT2D eigenvalue weighted by Gasteiger charge is -2.25. The lowest BCUT2D eigenvalue weighted by molar-refractivity contribution is 0.0697. The molecule has 0 bridgehead atoms. The Morgan fingerprint density at radius 3 is 1.68 bits per heavy atom. The first-order valence-electron chi connectivity index (χ1n) is 10.3. The summed E-state index contributed by atoms with van der Waals surface area (Å²) in [4.78, 5) is 10.9. The molecule has 0 fully saturated rings. The SMILES string of the molecule is CCCCCCCCCCCCCC(C)(C)c1ccc(C(=O)O)cc1. The van der Waals surface area contributed by atoms with E-state index < -0.39 is 5.97 Å². The summed E-state index contributed by atoms with van der Waals surface area (Å²) in [6, 6.07) is 7.39. The molecule has 25 heavy (non-hydrogen) atoms. The van der Waals surface area contributed by atoms with Gasteiger partial charge in [-0.15, -0.1) is 0 Å². The van der Waals surface area contributed by atoms with E-state index in [2.05, 4.69) is 20.8 Å². The average molecular weight is 347 g/mol. The van der Waals surface area contributed by atoms with Crippen LogP contribution in [-0.4, -0.2) is 11.1 Å². The van der Waals surface area contributed by atoms with Crippen molar-refractivity contribution in [3.8, 4) is 0 Å². The molecule has 1 rings (SSSR count). The molecule has 0 amide bonds. The van der Waals surface area contributed by atoms with Crippen LogP contribution in [0.15, 0.2) is 24.3 Å². The third-order valence-corrected chi connectivity index (χ3v) is 5.32. The first-order chi connectivity index (χ1) is 12.0. The largest absolute Gasteiger partial charge is 0.478 e. The molecule has 2 heteroatoms. The van der Waals surface area contributed by atoms with Gasteiger partial charge in [0.2, 0.25) is 0 Å². The highest BCUT2D eigenvalue weighted by Crippen LogP contribution is 2.29. The van der Waals surface area contributed by atoms with E-state index in [0.29, 0.717) is 5.56 Å². The fraction of sp³-hybridized carbons (Fsp3) is 0.696. The number of aromatic carboxylic acids is 1. The van der Waals surface area contributed by atoms with Crippen LogP contribution in [0, 0.1) is 0 Å². The quantitative estimate of drug-likeness (QED) is 0.357. The molecule has 0 aliphatic heterocycles. The molecule has 0 saturated heterocycles. The van der Waals surface area contributed by atoms with Crippen LogP contribution in [0.4, 0.5) is 0 Å². The number of hydrogen-bond donors (Lipinski definition) is 1. The van der Waals surface area contributed by atoms with E-state index in [0.717, 1.165) is 6.42 Å². The summed E-state index contributed by atoms with van der Waals surface area (Å²) in [5, 5.41) is 8.99. The predicted octanol–water partition coefficient (Wildman–Crippen LogP) is 7.36. The summed E-state index contributed by atoms with van der Waals surface area (Å²) in [7, 11) is 0. The zero-order valence-electron chi connectivity index (χ0n) is 16.7. The Morgan fingerprint density at radius 1 is 0.800 bits per heavy atom. The molecule has 0 heterocycles. The molecular weight excluding hydrogens is 308 g/mol. The number of hydrogen-bond acceptors (Lipinski definition) is 1. The van der Waals surface area contributed by atoms with Gasteiger partial charge >= 0.3 is 5.97 Å². The number of carbonyl (C=O) groups is 1. The third kappa shape index (κ3) is 9.09. The smallest absolute Gasteiger partial charge is 0.335 e. The second-order valence-electron chi connectivity index (χ2n) is 8.05. The maximum atomic E-state index is 10.9. The summed E-state index contributed by atoms with van der Waals surface area (Å²) in [5.74, 6) is -0.852. The van der Waals surface area contributed by atoms with Gasteiger partial charge in [-0.3, -0.25) is 0 Å². The summed E-state index contributed by atoms with van der Waals surface area (Å²) in [5.41, 5.74) is 1.73. The van der Waals surface area contributed by atoms with Crippen molar-refractivity contribution in [1.82, 2.24) is 0 Å². The van der Waals surface area contributed by atoms with Crippen LogP contribution in [-0.2, 0) is 5.41 Å². The first kappa shape index (κ1) is 21.7. The molecule has 0 aromatic heterocycles. The van der Waals surface area contributed by atoms with Crippen molar-refractivity contribution in [2.45, 2.75) is 103 Å². The van der Waals surface area contributed by atoms with Gasteiger partial charge in [0.15, 0.2) is 0 Å². The summed E-state index contributed by atoms with van der Waals surface area (Å²) in [6.45, 7) is 6.80. The number of carboxylic acids is 1. The van der Waals surface area contributed by atoms with E-state index in [1.165, 1.54) is 76.2 Å². The van der Waals surface area contributed by atoms with Crippen molar-refractivity contribution in [2.24, 2.45) is 0 Å². The highest BCUT2D eigenvalue weighted by atomic mass is 16.4. The summed E-state index contributed by atoms with van der Waals surface area (Å²) >= 11 is 0. The number of benzene rings is 1. The molecule has 0 unspecified atom stereocenters. The minimum atomic E-state index is -0.852. The molecule has 2 nitrogen and oxygen atoms in total. The van der Waals surface area contributed by atoms with Crippen LogP contribution in [0.3, 0.4) is 0 Å². The van der Waals surface area contributed by atoms with Gasteiger partial charge in [-0.1, -0.05) is 104 Å². The minimum absolute atomic E-state index is 0.121. The molecular formula is C23H38O2. The van der Waals surface area contributed by atoms with Crippen molar-refractivity contribution in [1.29, 1.82) is 0 Å². The zero-order valence-corrected chi connectivity index (χ0v) is 16.7. The summed E-state index contributed by atoms with van der Waals surface area (Å²) < 4.78 is 0. The van der Waals surface area contributed by atoms with Crippen LogP contribution in [0.5, 0.6) is 0 Å². The number of unbranched alkanes of at least 4 members (excludes halogenated alkanes) is 10. The molecule has 1 N–H and O–H groups in total. The second-order valence-corrected chi connectivity index (χ2v) is 8.05. The van der Waals surface area contributed by atoms with E-state index in [9.17, 15) is 4.79 Å². The molecule has 0 spiro atoms. The Kier molecular flexibility index (Phi) is 10.5. The van der Waals surface area contributed by atoms with E-state index in [4.69, 9.17) is 5.11 Å². The Hall–Kier alpha value is -1.31. The fourth-order valence-corrected chi connectivity index (χ4v) is 3.44. The Labute approximate surface area is 155 Å². The lowest BCUT2D eigenvalue weighted by atomic mass is 9.79. The summed E-state index contributed by atoms with van der Waals surface area (Å²) in [6.07, 6.45) is 16.2. The molecule has 0 atom stereocenters. The first-order valence-corrected chi connectivity index (χ1v) is 10.3. The fourth-order valence-electron chi connectivity index (χ4n) is 3.44. The van der Waals surface area contributed by atoms with Crippen molar-refractivity contribution in [3.63, 3.8) is 0 Å². The van der Waals surface area contributed by atoms with E-state index >= 15 is 0 Å². The van der Waals surface area contributed by atoms with Crippen LogP contribution >= 0.6 is 0 Å². The maximum Gasteiger partial charge on any atom is 0.335 e. The lowest BCUT2D eigenvalue weighted by Crippen LogP contribution is -2.17. The number of rotatable bonds is 14. The maximum absolute atomic E-state index is 10.9. The predicted molar refractivity (Wildman–Crippen MR) is 108 cm³/mol. The molecule has 1 aromatic rings. The van der Waals surface area contributed by atoms with Gasteiger partial charge in [0.1, 0.15) is 0 Å². The molecule has 0 radical (unpaired) electrons. The van der Waals surface area contributed by atoms with Crippen molar-refractivity contribution < 1.29 is 9.90 Å². The van der Waals surface area contributed by atoms with Crippen LogP contribution in [0.25, 0.3) is 0 Å². The standard InChI is InChI=1S/C23H38O2/c1-4-5-6-7-8-9-10-11-12-13-14-19-23(2,3)21-17-15-20(16-18-21)22(24)25/h15-18H,4-14,19H2,1-3H3,(H,24,25). The molecule has 1 aromatic carbocycles. The Balaban J connectivity index is 2.13. The second kappa shape index (κ2) is 12.1. The minimum Gasteiger partial charge on any atom is -0.478 e. The molecule has 0 aliphatic carbocycles. The van der Waals surface area contributed by atoms with Gasteiger partial charge in [-0.05, 0) is 29.5 Å². The van der Waals surface area contributed by atoms with Crippen molar-refractivity contribution in [2.75, 3.05) is 0 Å².